The van der Waals surface area contributed by atoms with E-state index >= 15 is 0 Å². The number of fused-ring (bicyclic) bond motifs is 1. The van der Waals surface area contributed by atoms with Crippen LogP contribution < -0.4 is 10.6 Å². The topological polar surface area (TPSA) is 77.0 Å². The summed E-state index contributed by atoms with van der Waals surface area (Å²) in [5, 5.41) is 1.33. The number of amides is 1. The van der Waals surface area contributed by atoms with E-state index in [4.69, 9.17) is 17.3 Å². The molecule has 0 radical (unpaired) electrons. The molecule has 0 spiro atoms. The van der Waals surface area contributed by atoms with Gasteiger partial charge in [0, 0.05) is 30.5 Å². The Hall–Kier alpha value is -1.96. The first-order valence-electron chi connectivity index (χ1n) is 8.05. The molecule has 0 aliphatic heterocycles. The van der Waals surface area contributed by atoms with Crippen molar-refractivity contribution in [3.8, 4) is 0 Å². The van der Waals surface area contributed by atoms with Gasteiger partial charge in [0.05, 0.1) is 22.6 Å². The van der Waals surface area contributed by atoms with E-state index in [1.807, 2.05) is 29.8 Å². The molecule has 0 saturated heterocycles. The molecule has 2 heterocycles. The number of aromatic nitrogens is 3. The number of benzene rings is 1. The van der Waals surface area contributed by atoms with E-state index in [1.54, 1.807) is 24.3 Å². The molecule has 1 unspecified atom stereocenters. The molecule has 25 heavy (non-hydrogen) atoms. The van der Waals surface area contributed by atoms with Gasteiger partial charge in [0.2, 0.25) is 5.91 Å². The molecular formula is C17H20ClN5OS. The fourth-order valence-corrected chi connectivity index (χ4v) is 4.09. The molecule has 1 aromatic carbocycles. The number of imidazole rings is 1. The van der Waals surface area contributed by atoms with Gasteiger partial charge in [-0.1, -0.05) is 22.9 Å². The van der Waals surface area contributed by atoms with E-state index in [-0.39, 0.29) is 5.91 Å². The number of hydrogen-bond acceptors (Lipinski definition) is 5. The smallest absolute Gasteiger partial charge is 0.245 e. The highest BCUT2D eigenvalue weighted by atomic mass is 35.5. The molecule has 132 valence electrons. The predicted octanol–water partition coefficient (Wildman–Crippen LogP) is 3.23. The Morgan fingerprint density at radius 1 is 1.48 bits per heavy atom. The second kappa shape index (κ2) is 7.51. The van der Waals surface area contributed by atoms with Gasteiger partial charge in [-0.2, -0.15) is 0 Å². The molecule has 0 aliphatic carbocycles. The molecular weight excluding hydrogens is 358 g/mol. The van der Waals surface area contributed by atoms with Crippen LogP contribution in [0.25, 0.3) is 10.2 Å². The third-order valence-electron chi connectivity index (χ3n) is 3.88. The Morgan fingerprint density at radius 3 is 2.96 bits per heavy atom. The molecule has 0 fully saturated rings. The summed E-state index contributed by atoms with van der Waals surface area (Å²) < 4.78 is 2.95. The number of aryl methyl sites for hydroxylation is 2. The Morgan fingerprint density at radius 2 is 2.28 bits per heavy atom. The number of nitrogens with two attached hydrogens (primary N) is 1. The van der Waals surface area contributed by atoms with Crippen LogP contribution in [0.1, 0.15) is 18.9 Å². The van der Waals surface area contributed by atoms with Gasteiger partial charge in [-0.15, -0.1) is 0 Å². The molecule has 8 heteroatoms. The molecule has 1 atom stereocenters. The van der Waals surface area contributed by atoms with E-state index < -0.39 is 6.04 Å². The maximum Gasteiger partial charge on any atom is 0.245 e. The highest BCUT2D eigenvalue weighted by Gasteiger charge is 2.22. The molecule has 0 aliphatic rings. The van der Waals surface area contributed by atoms with Crippen molar-refractivity contribution in [2.45, 2.75) is 32.9 Å². The number of thiazole rings is 1. The Kier molecular flexibility index (Phi) is 5.36. The second-order valence-electron chi connectivity index (χ2n) is 6.00. The van der Waals surface area contributed by atoms with Gasteiger partial charge in [-0.25, -0.2) is 9.97 Å². The van der Waals surface area contributed by atoms with Crippen LogP contribution in [0.3, 0.4) is 0 Å². The largest absolute Gasteiger partial charge is 0.337 e. The third kappa shape index (κ3) is 4.00. The SMILES string of the molecule is Cc1cc(Cl)cc2sc(N(CCCn3ccnc3)C(=O)C(C)N)nc12. The Bertz CT molecular complexity index is 875. The van der Waals surface area contributed by atoms with Gasteiger partial charge < -0.3 is 10.3 Å². The van der Waals surface area contributed by atoms with Crippen LogP contribution in [-0.2, 0) is 11.3 Å². The predicted molar refractivity (Wildman–Crippen MR) is 102 cm³/mol. The summed E-state index contributed by atoms with van der Waals surface area (Å²) in [6.45, 7) is 4.98. The van der Waals surface area contributed by atoms with Crippen molar-refractivity contribution >= 4 is 44.2 Å². The maximum absolute atomic E-state index is 12.6. The number of rotatable bonds is 6. The van der Waals surface area contributed by atoms with Crippen molar-refractivity contribution in [1.29, 1.82) is 0 Å². The molecule has 0 bridgehead atoms. The van der Waals surface area contributed by atoms with Crippen molar-refractivity contribution in [2.75, 3.05) is 11.4 Å². The fourth-order valence-electron chi connectivity index (χ4n) is 2.63. The average Bonchev–Trinajstić information content (AvgIpc) is 3.20. The first kappa shape index (κ1) is 17.8. The van der Waals surface area contributed by atoms with Crippen molar-refractivity contribution in [2.24, 2.45) is 5.73 Å². The summed E-state index contributed by atoms with van der Waals surface area (Å²) >= 11 is 7.60. The fraction of sp³-hybridized carbons (Fsp3) is 0.353. The monoisotopic (exact) mass is 377 g/mol. The first-order valence-corrected chi connectivity index (χ1v) is 9.24. The van der Waals surface area contributed by atoms with Crippen LogP contribution in [0, 0.1) is 6.92 Å². The van der Waals surface area contributed by atoms with Crippen molar-refractivity contribution in [3.05, 3.63) is 41.4 Å². The summed E-state index contributed by atoms with van der Waals surface area (Å²) in [5.41, 5.74) is 7.71. The molecule has 3 rings (SSSR count). The number of carbonyl (C=O) groups is 1. The highest BCUT2D eigenvalue weighted by molar-refractivity contribution is 7.22. The lowest BCUT2D eigenvalue weighted by Gasteiger charge is -2.21. The lowest BCUT2D eigenvalue weighted by molar-refractivity contribution is -0.119. The van der Waals surface area contributed by atoms with Gasteiger partial charge in [-0.05, 0) is 38.0 Å². The van der Waals surface area contributed by atoms with Crippen LogP contribution >= 0.6 is 22.9 Å². The Labute approximate surface area is 155 Å². The zero-order valence-corrected chi connectivity index (χ0v) is 15.7. The van der Waals surface area contributed by atoms with Gasteiger partial charge >= 0.3 is 0 Å². The van der Waals surface area contributed by atoms with Gasteiger partial charge in [0.25, 0.3) is 0 Å². The minimum Gasteiger partial charge on any atom is -0.337 e. The average molecular weight is 378 g/mol. The third-order valence-corrected chi connectivity index (χ3v) is 5.13. The molecule has 2 aromatic heterocycles. The van der Waals surface area contributed by atoms with Crippen LogP contribution in [0.5, 0.6) is 0 Å². The summed E-state index contributed by atoms with van der Waals surface area (Å²) in [6.07, 6.45) is 6.19. The molecule has 0 saturated carbocycles. The molecule has 1 amide bonds. The number of carbonyl (C=O) groups excluding carboxylic acids is 1. The minimum absolute atomic E-state index is 0.131. The molecule has 2 N–H and O–H groups in total. The van der Waals surface area contributed by atoms with Crippen LogP contribution in [0.2, 0.25) is 5.02 Å². The van der Waals surface area contributed by atoms with Gasteiger partial charge in [0.1, 0.15) is 0 Å². The van der Waals surface area contributed by atoms with E-state index in [9.17, 15) is 4.79 Å². The number of nitrogens with zero attached hydrogens (tertiary/aromatic N) is 4. The summed E-state index contributed by atoms with van der Waals surface area (Å²) in [6, 6.07) is 3.18. The molecule has 6 nitrogen and oxygen atoms in total. The lowest BCUT2D eigenvalue weighted by atomic mass is 10.2. The standard InChI is InChI=1S/C17H20ClN5OS/c1-11-8-13(18)9-14-15(11)21-17(25-14)23(16(24)12(2)19)6-3-5-22-7-4-20-10-22/h4,7-10,12H,3,5-6,19H2,1-2H3. The highest BCUT2D eigenvalue weighted by Crippen LogP contribution is 2.33. The minimum atomic E-state index is -0.579. The summed E-state index contributed by atoms with van der Waals surface area (Å²) in [7, 11) is 0. The van der Waals surface area contributed by atoms with E-state index in [2.05, 4.69) is 9.97 Å². The zero-order valence-electron chi connectivity index (χ0n) is 14.1. The van der Waals surface area contributed by atoms with Crippen molar-refractivity contribution in [3.63, 3.8) is 0 Å². The lowest BCUT2D eigenvalue weighted by Crippen LogP contribution is -2.43. The first-order chi connectivity index (χ1) is 12.0. The van der Waals surface area contributed by atoms with Crippen LogP contribution in [-0.4, -0.2) is 33.0 Å². The van der Waals surface area contributed by atoms with Crippen molar-refractivity contribution in [1.82, 2.24) is 14.5 Å². The number of halogens is 1. The molecule has 3 aromatic rings. The van der Waals surface area contributed by atoms with Gasteiger partial charge in [0.15, 0.2) is 5.13 Å². The number of hydrogen-bond donors (Lipinski definition) is 1. The van der Waals surface area contributed by atoms with Crippen molar-refractivity contribution < 1.29 is 4.79 Å². The maximum atomic E-state index is 12.6. The van der Waals surface area contributed by atoms with E-state index in [0.717, 1.165) is 28.7 Å². The van der Waals surface area contributed by atoms with E-state index in [0.29, 0.717) is 16.7 Å². The normalized spacial score (nSPS) is 12.5. The summed E-state index contributed by atoms with van der Waals surface area (Å²) in [5.74, 6) is -0.131. The second-order valence-corrected chi connectivity index (χ2v) is 7.44. The van der Waals surface area contributed by atoms with E-state index in [1.165, 1.54) is 11.3 Å². The van der Waals surface area contributed by atoms with Crippen LogP contribution in [0.4, 0.5) is 5.13 Å². The summed E-state index contributed by atoms with van der Waals surface area (Å²) in [4.78, 5) is 23.0. The van der Waals surface area contributed by atoms with Gasteiger partial charge in [-0.3, -0.25) is 9.69 Å². The Balaban J connectivity index is 1.85. The quantitative estimate of drug-likeness (QED) is 0.715. The number of anilines is 1. The van der Waals surface area contributed by atoms with Crippen LogP contribution in [0.15, 0.2) is 30.9 Å². The zero-order chi connectivity index (χ0) is 18.0.